The Morgan fingerprint density at radius 3 is 2.85 bits per heavy atom. The first-order chi connectivity index (χ1) is 12.5. The third-order valence-electron chi connectivity index (χ3n) is 4.93. The van der Waals surface area contributed by atoms with Crippen LogP contribution in [0.5, 0.6) is 0 Å². The predicted molar refractivity (Wildman–Crippen MR) is 96.9 cm³/mol. The van der Waals surface area contributed by atoms with Crippen LogP contribution in [0.4, 0.5) is 0 Å². The van der Waals surface area contributed by atoms with Crippen molar-refractivity contribution in [2.45, 2.75) is 39.9 Å². The Morgan fingerprint density at radius 2 is 2.19 bits per heavy atom. The fourth-order valence-electron chi connectivity index (χ4n) is 3.38. The third-order valence-corrected chi connectivity index (χ3v) is 4.93. The molecule has 0 aliphatic carbocycles. The maximum absolute atomic E-state index is 12.8. The maximum Gasteiger partial charge on any atom is 0.228 e. The van der Waals surface area contributed by atoms with Crippen molar-refractivity contribution in [3.05, 3.63) is 47.5 Å². The van der Waals surface area contributed by atoms with Gasteiger partial charge in [-0.3, -0.25) is 19.3 Å². The minimum Gasteiger partial charge on any atom is -0.341 e. The van der Waals surface area contributed by atoms with E-state index in [1.165, 1.54) is 0 Å². The highest BCUT2D eigenvalue weighted by molar-refractivity contribution is 5.89. The first-order valence-corrected chi connectivity index (χ1v) is 8.93. The highest BCUT2D eigenvalue weighted by Crippen LogP contribution is 2.22. The summed E-state index contributed by atoms with van der Waals surface area (Å²) in [7, 11) is 1.79. The highest BCUT2D eigenvalue weighted by atomic mass is 16.2. The Bertz CT molecular complexity index is 786. The van der Waals surface area contributed by atoms with Crippen LogP contribution < -0.4 is 0 Å². The first kappa shape index (κ1) is 18.1. The van der Waals surface area contributed by atoms with Gasteiger partial charge in [-0.15, -0.1) is 0 Å². The van der Waals surface area contributed by atoms with Crippen molar-refractivity contribution in [3.63, 3.8) is 0 Å². The van der Waals surface area contributed by atoms with E-state index in [9.17, 15) is 9.59 Å². The number of aromatic nitrogens is 3. The van der Waals surface area contributed by atoms with Crippen molar-refractivity contribution in [2.24, 2.45) is 5.92 Å². The fraction of sp³-hybridized carbons (Fsp3) is 0.474. The topological polar surface area (TPSA) is 71.3 Å². The SMILES string of the molecule is CCn1ncc(CN(C)C(=O)C2CC(=O)N(Cc3ccccn3)C2)c1C. The predicted octanol–water partition coefficient (Wildman–Crippen LogP) is 1.61. The molecule has 0 radical (unpaired) electrons. The number of likely N-dealkylation sites (tertiary alicyclic amines) is 1. The zero-order chi connectivity index (χ0) is 18.7. The summed E-state index contributed by atoms with van der Waals surface area (Å²) in [4.78, 5) is 32.8. The second-order valence-corrected chi connectivity index (χ2v) is 6.76. The summed E-state index contributed by atoms with van der Waals surface area (Å²) in [5.41, 5.74) is 2.95. The number of carbonyl (C=O) groups is 2. The molecule has 0 spiro atoms. The smallest absolute Gasteiger partial charge is 0.228 e. The Kier molecular flexibility index (Phi) is 5.35. The molecule has 0 bridgehead atoms. The van der Waals surface area contributed by atoms with E-state index in [2.05, 4.69) is 10.1 Å². The average Bonchev–Trinajstić information content (AvgIpc) is 3.18. The molecule has 7 nitrogen and oxygen atoms in total. The summed E-state index contributed by atoms with van der Waals surface area (Å²) in [6.45, 7) is 6.27. The maximum atomic E-state index is 12.8. The van der Waals surface area contributed by atoms with Crippen LogP contribution in [0.15, 0.2) is 30.6 Å². The summed E-state index contributed by atoms with van der Waals surface area (Å²) < 4.78 is 1.92. The van der Waals surface area contributed by atoms with Crippen LogP contribution in [0.2, 0.25) is 0 Å². The van der Waals surface area contributed by atoms with Gasteiger partial charge in [0.25, 0.3) is 0 Å². The number of rotatable bonds is 6. The van der Waals surface area contributed by atoms with Crippen molar-refractivity contribution in [1.29, 1.82) is 0 Å². The van der Waals surface area contributed by atoms with Gasteiger partial charge in [0.15, 0.2) is 0 Å². The van der Waals surface area contributed by atoms with E-state index < -0.39 is 0 Å². The van der Waals surface area contributed by atoms with E-state index >= 15 is 0 Å². The summed E-state index contributed by atoms with van der Waals surface area (Å²) in [5, 5.41) is 4.32. The van der Waals surface area contributed by atoms with E-state index in [-0.39, 0.29) is 24.2 Å². The van der Waals surface area contributed by atoms with E-state index in [4.69, 9.17) is 0 Å². The number of amides is 2. The molecule has 0 aromatic carbocycles. The van der Waals surface area contributed by atoms with Crippen molar-refractivity contribution in [3.8, 4) is 0 Å². The lowest BCUT2D eigenvalue weighted by molar-refractivity contribution is -0.135. The molecule has 1 atom stereocenters. The van der Waals surface area contributed by atoms with E-state index in [0.717, 1.165) is 23.5 Å². The van der Waals surface area contributed by atoms with Gasteiger partial charge >= 0.3 is 0 Å². The Morgan fingerprint density at radius 1 is 1.38 bits per heavy atom. The number of carbonyl (C=O) groups excluding carboxylic acids is 2. The minimum atomic E-state index is -0.294. The molecule has 3 rings (SSSR count). The van der Waals surface area contributed by atoms with Crippen molar-refractivity contribution in [2.75, 3.05) is 13.6 Å². The van der Waals surface area contributed by atoms with Gasteiger partial charge in [-0.1, -0.05) is 6.07 Å². The van der Waals surface area contributed by atoms with Gasteiger partial charge in [-0.05, 0) is 26.0 Å². The summed E-state index contributed by atoms with van der Waals surface area (Å²) in [6, 6.07) is 5.64. The van der Waals surface area contributed by atoms with Crippen molar-refractivity contribution >= 4 is 11.8 Å². The molecule has 2 aromatic heterocycles. The largest absolute Gasteiger partial charge is 0.341 e. The summed E-state index contributed by atoms with van der Waals surface area (Å²) >= 11 is 0. The quantitative estimate of drug-likeness (QED) is 0.789. The van der Waals surface area contributed by atoms with Gasteiger partial charge in [0.2, 0.25) is 11.8 Å². The molecular weight excluding hydrogens is 330 g/mol. The molecule has 2 aromatic rings. The lowest BCUT2D eigenvalue weighted by Crippen LogP contribution is -2.34. The Balaban J connectivity index is 1.61. The van der Waals surface area contributed by atoms with Gasteiger partial charge in [0.05, 0.1) is 24.4 Å². The number of pyridine rings is 1. The Hall–Kier alpha value is -2.70. The van der Waals surface area contributed by atoms with Gasteiger partial charge < -0.3 is 9.80 Å². The van der Waals surface area contributed by atoms with Crippen LogP contribution in [0.3, 0.4) is 0 Å². The Labute approximate surface area is 153 Å². The highest BCUT2D eigenvalue weighted by Gasteiger charge is 2.35. The molecule has 0 N–H and O–H groups in total. The summed E-state index contributed by atoms with van der Waals surface area (Å²) in [5.74, 6) is -0.277. The van der Waals surface area contributed by atoms with Crippen LogP contribution in [0.25, 0.3) is 0 Å². The number of hydrogen-bond acceptors (Lipinski definition) is 4. The minimum absolute atomic E-state index is 0.00511. The molecule has 1 fully saturated rings. The normalized spacial score (nSPS) is 17.0. The molecule has 1 saturated heterocycles. The van der Waals surface area contributed by atoms with Crippen LogP contribution in [-0.2, 0) is 29.2 Å². The van der Waals surface area contributed by atoms with Gasteiger partial charge in [0, 0.05) is 50.6 Å². The van der Waals surface area contributed by atoms with Crippen molar-refractivity contribution in [1.82, 2.24) is 24.6 Å². The van der Waals surface area contributed by atoms with E-state index in [0.29, 0.717) is 19.6 Å². The standard InChI is InChI=1S/C19H25N5O2/c1-4-24-14(2)16(10-21-24)11-22(3)19(26)15-9-18(25)23(12-15)13-17-7-5-6-8-20-17/h5-8,10,15H,4,9,11-13H2,1-3H3. The molecule has 7 heteroatoms. The number of nitrogens with zero attached hydrogens (tertiary/aromatic N) is 5. The van der Waals surface area contributed by atoms with E-state index in [1.54, 1.807) is 23.0 Å². The molecule has 1 aliphatic rings. The van der Waals surface area contributed by atoms with Crippen LogP contribution in [0.1, 0.15) is 30.3 Å². The second-order valence-electron chi connectivity index (χ2n) is 6.76. The molecule has 2 amide bonds. The molecule has 138 valence electrons. The molecule has 0 saturated carbocycles. The van der Waals surface area contributed by atoms with Gasteiger partial charge in [-0.2, -0.15) is 5.10 Å². The molecule has 26 heavy (non-hydrogen) atoms. The molecule has 1 unspecified atom stereocenters. The molecular formula is C19H25N5O2. The monoisotopic (exact) mass is 355 g/mol. The zero-order valence-electron chi connectivity index (χ0n) is 15.6. The van der Waals surface area contributed by atoms with Crippen LogP contribution in [0, 0.1) is 12.8 Å². The lowest BCUT2D eigenvalue weighted by atomic mass is 10.1. The molecule has 3 heterocycles. The third kappa shape index (κ3) is 3.76. The van der Waals surface area contributed by atoms with Crippen LogP contribution >= 0.6 is 0 Å². The molecule has 1 aliphatic heterocycles. The lowest BCUT2D eigenvalue weighted by Gasteiger charge is -2.21. The first-order valence-electron chi connectivity index (χ1n) is 8.93. The fourth-order valence-corrected chi connectivity index (χ4v) is 3.38. The number of hydrogen-bond donors (Lipinski definition) is 0. The van der Waals surface area contributed by atoms with E-state index in [1.807, 2.05) is 42.9 Å². The van der Waals surface area contributed by atoms with Crippen LogP contribution in [-0.4, -0.2) is 50.0 Å². The van der Waals surface area contributed by atoms with Gasteiger partial charge in [0.1, 0.15) is 0 Å². The summed E-state index contributed by atoms with van der Waals surface area (Å²) in [6.07, 6.45) is 3.80. The zero-order valence-corrected chi connectivity index (χ0v) is 15.6. The van der Waals surface area contributed by atoms with Gasteiger partial charge in [-0.25, -0.2) is 0 Å². The second kappa shape index (κ2) is 7.68. The number of aryl methyl sites for hydroxylation is 1. The van der Waals surface area contributed by atoms with Crippen molar-refractivity contribution < 1.29 is 9.59 Å². The average molecular weight is 355 g/mol.